The molecule has 0 saturated carbocycles. The van der Waals surface area contributed by atoms with E-state index in [0.717, 1.165) is 11.3 Å². The maximum Gasteiger partial charge on any atom is 0.234 e. The monoisotopic (exact) mass is 260 g/mol. The van der Waals surface area contributed by atoms with E-state index in [-0.39, 0.29) is 12.0 Å². The van der Waals surface area contributed by atoms with Gasteiger partial charge in [-0.25, -0.2) is 0 Å². The summed E-state index contributed by atoms with van der Waals surface area (Å²) in [6.45, 7) is 3.28. The lowest BCUT2D eigenvalue weighted by Crippen LogP contribution is -2.31. The molecule has 0 aromatic carbocycles. The van der Waals surface area contributed by atoms with Gasteiger partial charge in [0.05, 0.1) is 19.1 Å². The van der Waals surface area contributed by atoms with Gasteiger partial charge in [0.1, 0.15) is 5.69 Å². The average Bonchev–Trinajstić information content (AvgIpc) is 3.07. The van der Waals surface area contributed by atoms with Crippen molar-refractivity contribution >= 4 is 0 Å². The van der Waals surface area contributed by atoms with Gasteiger partial charge in [0.25, 0.3) is 0 Å². The SMILES string of the molecule is CNC1COCC1c1nc(-c2cc(C)ccn2)no1. The Hall–Kier alpha value is -1.79. The molecule has 2 unspecified atom stereocenters. The van der Waals surface area contributed by atoms with Crippen molar-refractivity contribution in [3.63, 3.8) is 0 Å². The fourth-order valence-electron chi connectivity index (χ4n) is 2.23. The van der Waals surface area contributed by atoms with Crippen LogP contribution in [0, 0.1) is 6.92 Å². The topological polar surface area (TPSA) is 73.1 Å². The Morgan fingerprint density at radius 1 is 1.37 bits per heavy atom. The molecule has 6 nitrogen and oxygen atoms in total. The quantitative estimate of drug-likeness (QED) is 0.892. The van der Waals surface area contributed by atoms with E-state index in [1.165, 1.54) is 0 Å². The van der Waals surface area contributed by atoms with E-state index in [1.54, 1.807) is 6.20 Å². The summed E-state index contributed by atoms with van der Waals surface area (Å²) in [4.78, 5) is 8.70. The highest BCUT2D eigenvalue weighted by atomic mass is 16.5. The van der Waals surface area contributed by atoms with E-state index in [2.05, 4.69) is 20.4 Å². The Bertz CT molecular complexity index is 569. The number of nitrogens with one attached hydrogen (secondary N) is 1. The van der Waals surface area contributed by atoms with Gasteiger partial charge in [-0.05, 0) is 31.7 Å². The highest BCUT2D eigenvalue weighted by molar-refractivity contribution is 5.49. The molecule has 2 aromatic heterocycles. The summed E-state index contributed by atoms with van der Waals surface area (Å²) in [6, 6.07) is 4.10. The maximum absolute atomic E-state index is 5.44. The summed E-state index contributed by atoms with van der Waals surface area (Å²) in [5, 5.41) is 7.21. The molecule has 1 N–H and O–H groups in total. The van der Waals surface area contributed by atoms with Crippen molar-refractivity contribution in [1.82, 2.24) is 20.4 Å². The van der Waals surface area contributed by atoms with Gasteiger partial charge >= 0.3 is 0 Å². The number of likely N-dealkylation sites (N-methyl/N-ethyl adjacent to an activating group) is 1. The third-order valence-electron chi connectivity index (χ3n) is 3.35. The molecule has 1 aliphatic rings. The number of aryl methyl sites for hydroxylation is 1. The first-order valence-corrected chi connectivity index (χ1v) is 6.29. The number of rotatable bonds is 3. The molecular formula is C13H16N4O2. The van der Waals surface area contributed by atoms with Crippen molar-refractivity contribution in [1.29, 1.82) is 0 Å². The van der Waals surface area contributed by atoms with Gasteiger partial charge in [0, 0.05) is 12.2 Å². The van der Waals surface area contributed by atoms with Crippen molar-refractivity contribution in [3.05, 3.63) is 29.8 Å². The molecule has 19 heavy (non-hydrogen) atoms. The van der Waals surface area contributed by atoms with Crippen LogP contribution >= 0.6 is 0 Å². The normalized spacial score (nSPS) is 22.8. The van der Waals surface area contributed by atoms with Gasteiger partial charge in [-0.1, -0.05) is 5.16 Å². The van der Waals surface area contributed by atoms with Crippen LogP contribution in [0.3, 0.4) is 0 Å². The van der Waals surface area contributed by atoms with Crippen LogP contribution in [-0.4, -0.2) is 41.4 Å². The molecule has 0 spiro atoms. The largest absolute Gasteiger partial charge is 0.379 e. The van der Waals surface area contributed by atoms with E-state index in [1.807, 2.05) is 26.1 Å². The average molecular weight is 260 g/mol. The number of hydrogen-bond donors (Lipinski definition) is 1. The third kappa shape index (κ3) is 2.36. The fourth-order valence-corrected chi connectivity index (χ4v) is 2.23. The highest BCUT2D eigenvalue weighted by Gasteiger charge is 2.33. The van der Waals surface area contributed by atoms with Crippen molar-refractivity contribution in [2.45, 2.75) is 18.9 Å². The Balaban J connectivity index is 1.87. The van der Waals surface area contributed by atoms with Crippen LogP contribution in [0.5, 0.6) is 0 Å². The molecule has 1 fully saturated rings. The summed E-state index contributed by atoms with van der Waals surface area (Å²) in [7, 11) is 1.91. The zero-order valence-corrected chi connectivity index (χ0v) is 11.0. The van der Waals surface area contributed by atoms with Crippen LogP contribution in [0.1, 0.15) is 17.4 Å². The Labute approximate surface area is 111 Å². The molecule has 0 amide bonds. The summed E-state index contributed by atoms with van der Waals surface area (Å²) in [5.41, 5.74) is 1.85. The Morgan fingerprint density at radius 2 is 2.26 bits per heavy atom. The fraction of sp³-hybridized carbons (Fsp3) is 0.462. The Kier molecular flexibility index (Phi) is 3.27. The number of aromatic nitrogens is 3. The second-order valence-electron chi connectivity index (χ2n) is 4.71. The number of nitrogens with zero attached hydrogens (tertiary/aromatic N) is 3. The van der Waals surface area contributed by atoms with Gasteiger partial charge in [-0.3, -0.25) is 4.98 Å². The minimum atomic E-state index is 0.107. The second kappa shape index (κ2) is 5.07. The summed E-state index contributed by atoms with van der Waals surface area (Å²) in [6.07, 6.45) is 1.75. The van der Waals surface area contributed by atoms with E-state index in [0.29, 0.717) is 24.9 Å². The van der Waals surface area contributed by atoms with Crippen molar-refractivity contribution in [2.75, 3.05) is 20.3 Å². The predicted molar refractivity (Wildman–Crippen MR) is 68.7 cm³/mol. The standard InChI is InChI=1S/C13H16N4O2/c1-8-3-4-15-10(5-8)12-16-13(19-17-12)9-6-18-7-11(9)14-2/h3-5,9,11,14H,6-7H2,1-2H3. The van der Waals surface area contributed by atoms with Crippen LogP contribution < -0.4 is 5.32 Å². The molecule has 0 radical (unpaired) electrons. The minimum Gasteiger partial charge on any atom is -0.379 e. The first-order chi connectivity index (χ1) is 9.28. The molecule has 0 aliphatic carbocycles. The van der Waals surface area contributed by atoms with Gasteiger partial charge in [-0.15, -0.1) is 0 Å². The summed E-state index contributed by atoms with van der Waals surface area (Å²) in [5.74, 6) is 1.24. The number of hydrogen-bond acceptors (Lipinski definition) is 6. The minimum absolute atomic E-state index is 0.107. The maximum atomic E-state index is 5.44. The molecule has 0 bridgehead atoms. The van der Waals surface area contributed by atoms with E-state index >= 15 is 0 Å². The lowest BCUT2D eigenvalue weighted by molar-refractivity contribution is 0.185. The molecule has 1 saturated heterocycles. The molecule has 3 rings (SSSR count). The van der Waals surface area contributed by atoms with Crippen LogP contribution in [0.15, 0.2) is 22.9 Å². The lowest BCUT2D eigenvalue weighted by Gasteiger charge is -2.11. The lowest BCUT2D eigenvalue weighted by atomic mass is 10.0. The van der Waals surface area contributed by atoms with Crippen LogP contribution in [0.2, 0.25) is 0 Å². The van der Waals surface area contributed by atoms with Crippen LogP contribution in [0.4, 0.5) is 0 Å². The highest BCUT2D eigenvalue weighted by Crippen LogP contribution is 2.26. The van der Waals surface area contributed by atoms with E-state index in [4.69, 9.17) is 9.26 Å². The van der Waals surface area contributed by atoms with E-state index < -0.39 is 0 Å². The molecular weight excluding hydrogens is 244 g/mol. The summed E-state index contributed by atoms with van der Waals surface area (Å²) >= 11 is 0. The first kappa shape index (κ1) is 12.3. The molecule has 1 aliphatic heterocycles. The smallest absolute Gasteiger partial charge is 0.234 e. The molecule has 6 heteroatoms. The Morgan fingerprint density at radius 3 is 3.05 bits per heavy atom. The van der Waals surface area contributed by atoms with E-state index in [9.17, 15) is 0 Å². The van der Waals surface area contributed by atoms with Crippen LogP contribution in [-0.2, 0) is 4.74 Å². The second-order valence-corrected chi connectivity index (χ2v) is 4.71. The van der Waals surface area contributed by atoms with Gasteiger partial charge in [-0.2, -0.15) is 4.98 Å². The first-order valence-electron chi connectivity index (χ1n) is 6.29. The number of ether oxygens (including phenoxy) is 1. The summed E-state index contributed by atoms with van der Waals surface area (Å²) < 4.78 is 10.8. The van der Waals surface area contributed by atoms with Crippen LogP contribution in [0.25, 0.3) is 11.5 Å². The number of pyridine rings is 1. The molecule has 2 atom stereocenters. The van der Waals surface area contributed by atoms with Gasteiger partial charge in [0.2, 0.25) is 11.7 Å². The zero-order chi connectivity index (χ0) is 13.2. The van der Waals surface area contributed by atoms with Gasteiger partial charge in [0.15, 0.2) is 0 Å². The predicted octanol–water partition coefficient (Wildman–Crippen LogP) is 1.14. The molecule has 2 aromatic rings. The van der Waals surface area contributed by atoms with Crippen molar-refractivity contribution < 1.29 is 9.26 Å². The molecule has 3 heterocycles. The van der Waals surface area contributed by atoms with Gasteiger partial charge < -0.3 is 14.6 Å². The third-order valence-corrected chi connectivity index (χ3v) is 3.35. The van der Waals surface area contributed by atoms with Crippen molar-refractivity contribution in [3.8, 4) is 11.5 Å². The zero-order valence-electron chi connectivity index (χ0n) is 11.0. The molecule has 100 valence electrons. The van der Waals surface area contributed by atoms with Crippen molar-refractivity contribution in [2.24, 2.45) is 0 Å².